The van der Waals surface area contributed by atoms with Crippen LogP contribution in [-0.2, 0) is 12.8 Å². The molecule has 0 saturated carbocycles. The van der Waals surface area contributed by atoms with Gasteiger partial charge in [-0.2, -0.15) is 0 Å². The van der Waals surface area contributed by atoms with Crippen LogP contribution < -0.4 is 5.32 Å². The summed E-state index contributed by atoms with van der Waals surface area (Å²) in [5.41, 5.74) is 2.23. The van der Waals surface area contributed by atoms with Crippen molar-refractivity contribution in [2.75, 3.05) is 19.6 Å². The number of hydrogen-bond acceptors (Lipinski definition) is 2. The van der Waals surface area contributed by atoms with Crippen molar-refractivity contribution in [3.63, 3.8) is 0 Å². The van der Waals surface area contributed by atoms with Crippen LogP contribution >= 0.6 is 0 Å². The molecule has 4 nitrogen and oxygen atoms in total. The van der Waals surface area contributed by atoms with Crippen LogP contribution in [0.5, 0.6) is 0 Å². The Morgan fingerprint density at radius 2 is 1.92 bits per heavy atom. The van der Waals surface area contributed by atoms with Crippen LogP contribution in [-0.4, -0.2) is 35.5 Å². The SMILES string of the molecule is O=C(NCCCc1ccccn1)N1CCC(Cc2ccc(F)cc2)CC1. The Bertz CT molecular complexity index is 682. The molecule has 3 rings (SSSR count). The molecule has 1 aliphatic rings. The Hall–Kier alpha value is -2.43. The fourth-order valence-electron chi connectivity index (χ4n) is 3.42. The second-order valence-corrected chi connectivity index (χ2v) is 6.92. The van der Waals surface area contributed by atoms with E-state index in [-0.39, 0.29) is 11.8 Å². The number of likely N-dealkylation sites (tertiary alicyclic amines) is 1. The highest BCUT2D eigenvalue weighted by atomic mass is 19.1. The number of amides is 2. The molecule has 1 saturated heterocycles. The Kier molecular flexibility index (Phi) is 6.58. The van der Waals surface area contributed by atoms with Gasteiger partial charge >= 0.3 is 6.03 Å². The number of rotatable bonds is 6. The molecule has 0 bridgehead atoms. The van der Waals surface area contributed by atoms with Gasteiger partial charge in [0.25, 0.3) is 0 Å². The number of aryl methyl sites for hydroxylation is 1. The molecule has 138 valence electrons. The summed E-state index contributed by atoms with van der Waals surface area (Å²) in [5.74, 6) is 0.372. The molecule has 1 fully saturated rings. The maximum Gasteiger partial charge on any atom is 0.317 e. The molecule has 2 heterocycles. The molecule has 1 aromatic carbocycles. The Morgan fingerprint density at radius 3 is 2.62 bits per heavy atom. The highest BCUT2D eigenvalue weighted by Gasteiger charge is 2.22. The number of carbonyl (C=O) groups excluding carboxylic acids is 1. The van der Waals surface area contributed by atoms with E-state index in [1.165, 1.54) is 17.7 Å². The van der Waals surface area contributed by atoms with Crippen LogP contribution in [0.2, 0.25) is 0 Å². The number of nitrogens with one attached hydrogen (secondary N) is 1. The number of nitrogens with zero attached hydrogens (tertiary/aromatic N) is 2. The van der Waals surface area contributed by atoms with Crippen LogP contribution in [0.3, 0.4) is 0 Å². The van der Waals surface area contributed by atoms with E-state index in [1.54, 1.807) is 6.20 Å². The smallest absolute Gasteiger partial charge is 0.317 e. The fraction of sp³-hybridized carbons (Fsp3) is 0.429. The molecule has 1 aromatic heterocycles. The second-order valence-electron chi connectivity index (χ2n) is 6.92. The van der Waals surface area contributed by atoms with E-state index < -0.39 is 0 Å². The number of urea groups is 1. The van der Waals surface area contributed by atoms with Crippen LogP contribution in [0.4, 0.5) is 9.18 Å². The number of benzene rings is 1. The molecule has 1 aliphatic heterocycles. The van der Waals surface area contributed by atoms with Gasteiger partial charge in [-0.1, -0.05) is 18.2 Å². The number of carbonyl (C=O) groups is 1. The first-order valence-corrected chi connectivity index (χ1v) is 9.38. The lowest BCUT2D eigenvalue weighted by Crippen LogP contribution is -2.45. The zero-order chi connectivity index (χ0) is 18.2. The first-order chi connectivity index (χ1) is 12.7. The molecule has 0 aliphatic carbocycles. The van der Waals surface area contributed by atoms with E-state index >= 15 is 0 Å². The lowest BCUT2D eigenvalue weighted by molar-refractivity contribution is 0.170. The van der Waals surface area contributed by atoms with Crippen molar-refractivity contribution < 1.29 is 9.18 Å². The third kappa shape index (κ3) is 5.55. The largest absolute Gasteiger partial charge is 0.338 e. The van der Waals surface area contributed by atoms with Crippen molar-refractivity contribution >= 4 is 6.03 Å². The minimum absolute atomic E-state index is 0.0336. The van der Waals surface area contributed by atoms with Gasteiger partial charge in [-0.25, -0.2) is 9.18 Å². The van der Waals surface area contributed by atoms with Gasteiger partial charge in [0.1, 0.15) is 5.82 Å². The first kappa shape index (κ1) is 18.4. The van der Waals surface area contributed by atoms with Crippen LogP contribution in [0.25, 0.3) is 0 Å². The summed E-state index contributed by atoms with van der Waals surface area (Å²) in [4.78, 5) is 18.5. The lowest BCUT2D eigenvalue weighted by Gasteiger charge is -2.32. The molecule has 5 heteroatoms. The van der Waals surface area contributed by atoms with E-state index in [4.69, 9.17) is 0 Å². The summed E-state index contributed by atoms with van der Waals surface area (Å²) in [5, 5.41) is 3.01. The predicted octanol–water partition coefficient (Wildman–Crippen LogP) is 3.82. The minimum Gasteiger partial charge on any atom is -0.338 e. The summed E-state index contributed by atoms with van der Waals surface area (Å²) in [7, 11) is 0. The molecule has 1 N–H and O–H groups in total. The van der Waals surface area contributed by atoms with Gasteiger partial charge in [0, 0.05) is 31.5 Å². The van der Waals surface area contributed by atoms with Crippen molar-refractivity contribution in [2.24, 2.45) is 5.92 Å². The predicted molar refractivity (Wildman–Crippen MR) is 100 cm³/mol. The summed E-state index contributed by atoms with van der Waals surface area (Å²) < 4.78 is 13.0. The normalized spacial score (nSPS) is 15.0. The van der Waals surface area contributed by atoms with Crippen molar-refractivity contribution in [2.45, 2.75) is 32.1 Å². The Morgan fingerprint density at radius 1 is 1.15 bits per heavy atom. The quantitative estimate of drug-likeness (QED) is 0.801. The average Bonchev–Trinajstić information content (AvgIpc) is 2.68. The number of piperidine rings is 1. The van der Waals surface area contributed by atoms with Crippen LogP contribution in [0.1, 0.15) is 30.5 Å². The number of aromatic nitrogens is 1. The van der Waals surface area contributed by atoms with Gasteiger partial charge in [0.2, 0.25) is 0 Å². The van der Waals surface area contributed by atoms with E-state index in [1.807, 2.05) is 35.2 Å². The third-order valence-electron chi connectivity index (χ3n) is 4.95. The molecular formula is C21H26FN3O. The molecule has 0 unspecified atom stereocenters. The molecular weight excluding hydrogens is 329 g/mol. The van der Waals surface area contributed by atoms with Crippen molar-refractivity contribution in [1.82, 2.24) is 15.2 Å². The Labute approximate surface area is 154 Å². The number of halogens is 1. The zero-order valence-corrected chi connectivity index (χ0v) is 15.0. The molecule has 26 heavy (non-hydrogen) atoms. The summed E-state index contributed by atoms with van der Waals surface area (Å²) in [6.45, 7) is 2.25. The molecule has 2 amide bonds. The molecule has 2 aromatic rings. The van der Waals surface area contributed by atoms with Gasteiger partial charge in [-0.05, 0) is 67.9 Å². The second kappa shape index (κ2) is 9.32. The lowest BCUT2D eigenvalue weighted by atomic mass is 9.90. The fourth-order valence-corrected chi connectivity index (χ4v) is 3.42. The molecule has 0 radical (unpaired) electrons. The summed E-state index contributed by atoms with van der Waals surface area (Å²) in [6.07, 6.45) is 6.52. The van der Waals surface area contributed by atoms with Gasteiger partial charge in [-0.3, -0.25) is 4.98 Å². The molecule has 0 atom stereocenters. The summed E-state index contributed by atoms with van der Waals surface area (Å²) in [6, 6.07) is 12.7. The molecule has 0 spiro atoms. The van der Waals surface area contributed by atoms with E-state index in [9.17, 15) is 9.18 Å². The van der Waals surface area contributed by atoms with Gasteiger partial charge in [0.15, 0.2) is 0 Å². The van der Waals surface area contributed by atoms with Gasteiger partial charge < -0.3 is 10.2 Å². The highest BCUT2D eigenvalue weighted by molar-refractivity contribution is 5.74. The van der Waals surface area contributed by atoms with Crippen molar-refractivity contribution in [3.05, 3.63) is 65.7 Å². The standard InChI is InChI=1S/C21H26FN3O/c22-19-8-6-17(7-9-19)16-18-10-14-25(15-11-18)21(26)24-13-3-5-20-4-1-2-12-23-20/h1-2,4,6-9,12,18H,3,5,10-11,13-16H2,(H,24,26). The van der Waals surface area contributed by atoms with Crippen LogP contribution in [0.15, 0.2) is 48.7 Å². The van der Waals surface area contributed by atoms with Crippen molar-refractivity contribution in [3.8, 4) is 0 Å². The third-order valence-corrected chi connectivity index (χ3v) is 4.95. The number of pyridine rings is 1. The Balaban J connectivity index is 1.33. The van der Waals surface area contributed by atoms with Crippen LogP contribution in [0, 0.1) is 11.7 Å². The number of hydrogen-bond donors (Lipinski definition) is 1. The van der Waals surface area contributed by atoms with E-state index in [0.717, 1.165) is 50.9 Å². The summed E-state index contributed by atoms with van der Waals surface area (Å²) >= 11 is 0. The van der Waals surface area contributed by atoms with Gasteiger partial charge in [-0.15, -0.1) is 0 Å². The zero-order valence-electron chi connectivity index (χ0n) is 15.0. The van der Waals surface area contributed by atoms with E-state index in [2.05, 4.69) is 10.3 Å². The van der Waals surface area contributed by atoms with Gasteiger partial charge in [0.05, 0.1) is 0 Å². The topological polar surface area (TPSA) is 45.2 Å². The first-order valence-electron chi connectivity index (χ1n) is 9.38. The monoisotopic (exact) mass is 355 g/mol. The maximum absolute atomic E-state index is 13.0. The highest BCUT2D eigenvalue weighted by Crippen LogP contribution is 2.21. The maximum atomic E-state index is 13.0. The average molecular weight is 355 g/mol. The minimum atomic E-state index is -0.191. The van der Waals surface area contributed by atoms with E-state index in [0.29, 0.717) is 12.5 Å². The van der Waals surface area contributed by atoms with Crippen molar-refractivity contribution in [1.29, 1.82) is 0 Å².